The normalized spacial score (nSPS) is 17.2. The number of rotatable bonds is 7. The average molecular weight is 389 g/mol. The molecule has 4 rings (SSSR count). The van der Waals surface area contributed by atoms with Crippen molar-refractivity contribution in [2.45, 2.75) is 32.1 Å². The summed E-state index contributed by atoms with van der Waals surface area (Å²) >= 11 is 9.57. The molecule has 0 radical (unpaired) electrons. The first-order valence-corrected chi connectivity index (χ1v) is 10.9. The molecule has 0 saturated heterocycles. The Morgan fingerprint density at radius 2 is 2.12 bits per heavy atom. The van der Waals surface area contributed by atoms with E-state index in [1.165, 1.54) is 47.1 Å². The van der Waals surface area contributed by atoms with Crippen molar-refractivity contribution in [3.05, 3.63) is 62.6 Å². The Bertz CT molecular complexity index is 863. The predicted molar refractivity (Wildman–Crippen MR) is 110 cm³/mol. The van der Waals surface area contributed by atoms with Crippen LogP contribution in [-0.4, -0.2) is 6.61 Å². The van der Waals surface area contributed by atoms with Crippen LogP contribution in [0.2, 0.25) is 4.34 Å². The van der Waals surface area contributed by atoms with Gasteiger partial charge in [0.2, 0.25) is 0 Å². The fourth-order valence-corrected chi connectivity index (χ4v) is 5.44. The molecule has 1 atom stereocenters. The van der Waals surface area contributed by atoms with E-state index in [2.05, 4.69) is 41.8 Å². The lowest BCUT2D eigenvalue weighted by Crippen LogP contribution is -2.11. The third kappa shape index (κ3) is 4.28. The summed E-state index contributed by atoms with van der Waals surface area (Å²) in [7, 11) is 0. The monoisotopic (exact) mass is 388 g/mol. The molecule has 0 saturated carbocycles. The van der Waals surface area contributed by atoms with Gasteiger partial charge in [-0.2, -0.15) is 0 Å². The topological polar surface area (TPSA) is 9.23 Å². The van der Waals surface area contributed by atoms with Gasteiger partial charge in [0, 0.05) is 15.5 Å². The highest BCUT2D eigenvalue weighted by Crippen LogP contribution is 2.34. The van der Waals surface area contributed by atoms with Gasteiger partial charge in [0.25, 0.3) is 0 Å². The second-order valence-corrected chi connectivity index (χ2v) is 9.29. The number of hydrogen-bond acceptors (Lipinski definition) is 3. The van der Waals surface area contributed by atoms with Gasteiger partial charge < -0.3 is 4.74 Å². The minimum absolute atomic E-state index is 0.575. The summed E-state index contributed by atoms with van der Waals surface area (Å²) in [5.74, 6) is 1.53. The Kier molecular flexibility index (Phi) is 5.45. The Hall–Kier alpha value is -1.29. The third-order valence-electron chi connectivity index (χ3n) is 4.83. The van der Waals surface area contributed by atoms with Crippen LogP contribution in [-0.2, 0) is 6.42 Å². The summed E-state index contributed by atoms with van der Waals surface area (Å²) in [6.45, 7) is 0.787. The molecule has 0 aliphatic heterocycles. The van der Waals surface area contributed by atoms with Crippen molar-refractivity contribution >= 4 is 44.4 Å². The highest BCUT2D eigenvalue weighted by molar-refractivity contribution is 7.22. The first-order valence-electron chi connectivity index (χ1n) is 8.81. The molecule has 0 unspecified atom stereocenters. The van der Waals surface area contributed by atoms with E-state index >= 15 is 0 Å². The minimum atomic E-state index is 0.575. The van der Waals surface area contributed by atoms with Crippen molar-refractivity contribution < 1.29 is 4.74 Å². The summed E-state index contributed by atoms with van der Waals surface area (Å²) in [6, 6.07) is 12.7. The second kappa shape index (κ2) is 7.94. The maximum Gasteiger partial charge on any atom is 0.120 e. The molecule has 0 spiro atoms. The van der Waals surface area contributed by atoms with Crippen LogP contribution in [0.4, 0.5) is 0 Å². The molecule has 0 fully saturated rings. The molecule has 0 amide bonds. The van der Waals surface area contributed by atoms with Gasteiger partial charge in [-0.05, 0) is 73.2 Å². The summed E-state index contributed by atoms with van der Waals surface area (Å²) in [5, 5.41) is 3.36. The highest BCUT2D eigenvalue weighted by Gasteiger charge is 2.19. The van der Waals surface area contributed by atoms with Gasteiger partial charge in [0.1, 0.15) is 5.75 Å². The molecule has 1 aromatic carbocycles. The maximum atomic E-state index is 6.11. The Balaban J connectivity index is 1.31. The van der Waals surface area contributed by atoms with Crippen LogP contribution in [0.3, 0.4) is 0 Å². The van der Waals surface area contributed by atoms with Crippen LogP contribution < -0.4 is 4.74 Å². The predicted octanol–water partition coefficient (Wildman–Crippen LogP) is 7.35. The van der Waals surface area contributed by atoms with Gasteiger partial charge in [-0.3, -0.25) is 0 Å². The lowest BCUT2D eigenvalue weighted by Gasteiger charge is -2.16. The zero-order chi connectivity index (χ0) is 17.1. The number of thiophene rings is 2. The fourth-order valence-electron chi connectivity index (χ4n) is 3.51. The molecular formula is C21H21ClOS2. The van der Waals surface area contributed by atoms with Gasteiger partial charge >= 0.3 is 0 Å². The molecule has 1 aliphatic carbocycles. The van der Waals surface area contributed by atoms with Gasteiger partial charge in [0.15, 0.2) is 0 Å². The van der Waals surface area contributed by atoms with Crippen LogP contribution in [0.15, 0.2) is 53.4 Å². The molecular weight excluding hydrogens is 368 g/mol. The van der Waals surface area contributed by atoms with E-state index in [0.29, 0.717) is 5.92 Å². The molecule has 1 aliphatic rings. The van der Waals surface area contributed by atoms with Crippen molar-refractivity contribution in [3.8, 4) is 5.75 Å². The first kappa shape index (κ1) is 17.1. The molecule has 0 N–H and O–H groups in total. The maximum absolute atomic E-state index is 6.11. The van der Waals surface area contributed by atoms with Crippen LogP contribution in [0.25, 0.3) is 10.1 Å². The van der Waals surface area contributed by atoms with Crippen molar-refractivity contribution in [2.75, 3.05) is 6.61 Å². The van der Waals surface area contributed by atoms with E-state index in [1.54, 1.807) is 16.9 Å². The van der Waals surface area contributed by atoms with Crippen molar-refractivity contribution in [3.63, 3.8) is 0 Å². The van der Waals surface area contributed by atoms with Gasteiger partial charge in [-0.15, -0.1) is 22.7 Å². The van der Waals surface area contributed by atoms with E-state index in [0.717, 1.165) is 16.7 Å². The van der Waals surface area contributed by atoms with E-state index in [4.69, 9.17) is 16.3 Å². The standard InChI is InChI=1S/C21H21ClOS2/c22-21-12-16-9-10-18(13-20(16)25-21)23-14-17-6-1-4-15(17)5-2-7-19-8-3-11-24-19/h3-4,8-13,17H,1-2,5-7,14H2/t17-/m1/s1. The molecule has 4 heteroatoms. The molecule has 2 aromatic heterocycles. The van der Waals surface area contributed by atoms with Crippen LogP contribution in [0.1, 0.15) is 30.6 Å². The lowest BCUT2D eigenvalue weighted by molar-refractivity contribution is 0.266. The molecule has 0 bridgehead atoms. The average Bonchev–Trinajstić information content (AvgIpc) is 3.33. The smallest absolute Gasteiger partial charge is 0.120 e. The number of halogens is 1. The zero-order valence-electron chi connectivity index (χ0n) is 14.0. The minimum Gasteiger partial charge on any atom is -0.493 e. The van der Waals surface area contributed by atoms with E-state index in [9.17, 15) is 0 Å². The molecule has 3 aromatic rings. The number of aryl methyl sites for hydroxylation is 1. The van der Waals surface area contributed by atoms with Crippen molar-refractivity contribution in [1.29, 1.82) is 0 Å². The molecule has 25 heavy (non-hydrogen) atoms. The molecule has 1 nitrogen and oxygen atoms in total. The highest BCUT2D eigenvalue weighted by atomic mass is 35.5. The summed E-state index contributed by atoms with van der Waals surface area (Å²) < 4.78 is 8.14. The van der Waals surface area contributed by atoms with Crippen molar-refractivity contribution in [1.82, 2.24) is 0 Å². The van der Waals surface area contributed by atoms with Crippen LogP contribution >= 0.6 is 34.3 Å². The summed E-state index contributed by atoms with van der Waals surface area (Å²) in [6.07, 6.45) is 8.49. The lowest BCUT2D eigenvalue weighted by atomic mass is 9.97. The van der Waals surface area contributed by atoms with E-state index < -0.39 is 0 Å². The number of hydrogen-bond donors (Lipinski definition) is 0. The van der Waals surface area contributed by atoms with Gasteiger partial charge in [-0.25, -0.2) is 0 Å². The van der Waals surface area contributed by atoms with Crippen LogP contribution in [0.5, 0.6) is 5.75 Å². The van der Waals surface area contributed by atoms with E-state index in [-0.39, 0.29) is 0 Å². The van der Waals surface area contributed by atoms with E-state index in [1.807, 2.05) is 17.4 Å². The Morgan fingerprint density at radius 3 is 3.00 bits per heavy atom. The van der Waals surface area contributed by atoms with Gasteiger partial charge in [0.05, 0.1) is 10.9 Å². The second-order valence-electron chi connectivity index (χ2n) is 6.55. The Labute approximate surface area is 161 Å². The number of allylic oxidation sites excluding steroid dienone is 1. The molecule has 2 heterocycles. The summed E-state index contributed by atoms with van der Waals surface area (Å²) in [4.78, 5) is 1.49. The summed E-state index contributed by atoms with van der Waals surface area (Å²) in [5.41, 5.74) is 1.59. The third-order valence-corrected chi connectivity index (χ3v) is 6.99. The quantitative estimate of drug-likeness (QED) is 0.384. The number of fused-ring (bicyclic) bond motifs is 1. The van der Waals surface area contributed by atoms with Crippen molar-refractivity contribution in [2.24, 2.45) is 5.92 Å². The SMILES string of the molecule is Clc1cc2ccc(OC[C@H]3CCC=C3CCCc3cccs3)cc2s1. The number of benzene rings is 1. The molecule has 130 valence electrons. The number of ether oxygens (including phenoxy) is 1. The zero-order valence-corrected chi connectivity index (χ0v) is 16.4. The largest absolute Gasteiger partial charge is 0.493 e. The van der Waals surface area contributed by atoms with Crippen LogP contribution in [0, 0.1) is 5.92 Å². The van der Waals surface area contributed by atoms with Gasteiger partial charge in [-0.1, -0.05) is 29.3 Å². The Morgan fingerprint density at radius 1 is 1.16 bits per heavy atom. The first-order chi connectivity index (χ1) is 12.3. The fraction of sp³-hybridized carbons (Fsp3) is 0.333.